The predicted molar refractivity (Wildman–Crippen MR) is 71.2 cm³/mol. The molecule has 1 unspecified atom stereocenters. The van der Waals surface area contributed by atoms with Gasteiger partial charge in [0, 0.05) is 10.4 Å². The molecule has 15 heavy (non-hydrogen) atoms. The highest BCUT2D eigenvalue weighted by atomic mass is 79.9. The third-order valence-electron chi connectivity index (χ3n) is 2.81. The normalized spacial score (nSPS) is 14.0. The van der Waals surface area contributed by atoms with Crippen LogP contribution in [0.15, 0.2) is 40.4 Å². The average molecular weight is 267 g/mol. The minimum Gasteiger partial charge on any atom is -0.0878 e. The predicted octanol–water partition coefficient (Wildman–Crippen LogP) is 5.30. The van der Waals surface area contributed by atoms with E-state index in [4.69, 9.17) is 0 Å². The Bertz CT molecular complexity index is 339. The van der Waals surface area contributed by atoms with Gasteiger partial charge in [-0.3, -0.25) is 0 Å². The maximum absolute atomic E-state index is 3.52. The first-order chi connectivity index (χ1) is 7.19. The number of hydrogen-bond acceptors (Lipinski definition) is 0. The molecule has 1 atom stereocenters. The van der Waals surface area contributed by atoms with E-state index in [2.05, 4.69) is 67.0 Å². The molecule has 0 aliphatic rings. The fraction of sp³-hybridized carbons (Fsp3) is 0.429. The van der Waals surface area contributed by atoms with Crippen molar-refractivity contribution in [3.8, 4) is 0 Å². The minimum atomic E-state index is 0.535. The van der Waals surface area contributed by atoms with Gasteiger partial charge in [-0.05, 0) is 31.0 Å². The molecule has 1 heteroatoms. The van der Waals surface area contributed by atoms with Gasteiger partial charge in [-0.15, -0.1) is 0 Å². The minimum absolute atomic E-state index is 0.535. The maximum atomic E-state index is 3.52. The van der Waals surface area contributed by atoms with E-state index in [0.29, 0.717) is 5.92 Å². The molecule has 0 heterocycles. The monoisotopic (exact) mass is 266 g/mol. The Hall–Kier alpha value is -0.560. The summed E-state index contributed by atoms with van der Waals surface area (Å²) < 4.78 is 1.17. The standard InChI is InChI=1S/C14H19Br/c1-4-7-12(5-2)11(3)13-8-6-9-14(15)10-13/h5-6,8-11H,4,7H2,1-3H3/b12-5+. The fourth-order valence-corrected chi connectivity index (χ4v) is 2.31. The van der Waals surface area contributed by atoms with E-state index in [1.54, 1.807) is 0 Å². The zero-order valence-corrected chi connectivity index (χ0v) is 11.3. The highest BCUT2D eigenvalue weighted by molar-refractivity contribution is 9.10. The van der Waals surface area contributed by atoms with Crippen LogP contribution in [-0.4, -0.2) is 0 Å². The van der Waals surface area contributed by atoms with Crippen LogP contribution in [0.3, 0.4) is 0 Å². The summed E-state index contributed by atoms with van der Waals surface area (Å²) >= 11 is 3.52. The molecule has 0 radical (unpaired) electrons. The highest BCUT2D eigenvalue weighted by Crippen LogP contribution is 2.28. The molecule has 0 fully saturated rings. The van der Waals surface area contributed by atoms with E-state index in [9.17, 15) is 0 Å². The molecule has 1 aromatic rings. The van der Waals surface area contributed by atoms with E-state index in [1.807, 2.05) is 0 Å². The second-order valence-electron chi connectivity index (χ2n) is 3.89. The molecule has 0 aliphatic heterocycles. The molecule has 0 aliphatic carbocycles. The third kappa shape index (κ3) is 3.49. The van der Waals surface area contributed by atoms with Gasteiger partial charge in [-0.1, -0.05) is 60.0 Å². The van der Waals surface area contributed by atoms with Gasteiger partial charge < -0.3 is 0 Å². The van der Waals surface area contributed by atoms with Crippen molar-refractivity contribution < 1.29 is 0 Å². The summed E-state index contributed by atoms with van der Waals surface area (Å²) in [5, 5.41) is 0. The zero-order chi connectivity index (χ0) is 11.3. The molecule has 82 valence electrons. The van der Waals surface area contributed by atoms with Crippen LogP contribution in [0.1, 0.15) is 45.1 Å². The van der Waals surface area contributed by atoms with Gasteiger partial charge in [0.25, 0.3) is 0 Å². The van der Waals surface area contributed by atoms with Crippen LogP contribution >= 0.6 is 15.9 Å². The van der Waals surface area contributed by atoms with Crippen molar-refractivity contribution in [1.29, 1.82) is 0 Å². The van der Waals surface area contributed by atoms with Crippen molar-refractivity contribution in [3.05, 3.63) is 46.0 Å². The molecule has 0 saturated heterocycles. The van der Waals surface area contributed by atoms with Crippen molar-refractivity contribution >= 4 is 15.9 Å². The molecule has 0 saturated carbocycles. The first-order valence-corrected chi connectivity index (χ1v) is 6.38. The molecule has 0 aromatic heterocycles. The van der Waals surface area contributed by atoms with Gasteiger partial charge in [0.1, 0.15) is 0 Å². The van der Waals surface area contributed by atoms with E-state index in [-0.39, 0.29) is 0 Å². The summed E-state index contributed by atoms with van der Waals surface area (Å²) in [6, 6.07) is 8.60. The molecule has 0 bridgehead atoms. The SMILES string of the molecule is C/C=C(\CCC)C(C)c1cccc(Br)c1. The van der Waals surface area contributed by atoms with Crippen molar-refractivity contribution in [2.24, 2.45) is 0 Å². The smallest absolute Gasteiger partial charge is 0.0178 e. The first kappa shape index (κ1) is 12.5. The largest absolute Gasteiger partial charge is 0.0878 e. The van der Waals surface area contributed by atoms with E-state index in [1.165, 1.54) is 28.5 Å². The number of rotatable bonds is 4. The van der Waals surface area contributed by atoms with Crippen molar-refractivity contribution in [2.75, 3.05) is 0 Å². The van der Waals surface area contributed by atoms with Gasteiger partial charge >= 0.3 is 0 Å². The lowest BCUT2D eigenvalue weighted by molar-refractivity contribution is 0.780. The van der Waals surface area contributed by atoms with Crippen LogP contribution in [-0.2, 0) is 0 Å². The lowest BCUT2D eigenvalue weighted by Gasteiger charge is -2.16. The van der Waals surface area contributed by atoms with Crippen LogP contribution in [0, 0.1) is 0 Å². The molecule has 0 N–H and O–H groups in total. The van der Waals surface area contributed by atoms with Crippen molar-refractivity contribution in [2.45, 2.75) is 39.5 Å². The van der Waals surface area contributed by atoms with Crippen LogP contribution in [0.5, 0.6) is 0 Å². The van der Waals surface area contributed by atoms with Crippen LogP contribution < -0.4 is 0 Å². The fourth-order valence-electron chi connectivity index (χ4n) is 1.89. The van der Waals surface area contributed by atoms with E-state index >= 15 is 0 Å². The highest BCUT2D eigenvalue weighted by Gasteiger charge is 2.09. The quantitative estimate of drug-likeness (QED) is 0.649. The van der Waals surface area contributed by atoms with Crippen LogP contribution in [0.2, 0.25) is 0 Å². The Morgan fingerprint density at radius 1 is 1.47 bits per heavy atom. The molecule has 1 aromatic carbocycles. The molecular formula is C14H19Br. The average Bonchev–Trinajstić information content (AvgIpc) is 2.25. The van der Waals surface area contributed by atoms with Crippen LogP contribution in [0.25, 0.3) is 0 Å². The van der Waals surface area contributed by atoms with E-state index in [0.717, 1.165) is 0 Å². The lowest BCUT2D eigenvalue weighted by atomic mass is 9.90. The second kappa shape index (κ2) is 6.12. The molecule has 0 nitrogen and oxygen atoms in total. The van der Waals surface area contributed by atoms with Crippen molar-refractivity contribution in [3.63, 3.8) is 0 Å². The first-order valence-electron chi connectivity index (χ1n) is 5.59. The molecule has 1 rings (SSSR count). The van der Waals surface area contributed by atoms with E-state index < -0.39 is 0 Å². The Kier molecular flexibility index (Phi) is 5.10. The Morgan fingerprint density at radius 2 is 2.20 bits per heavy atom. The Morgan fingerprint density at radius 3 is 2.73 bits per heavy atom. The van der Waals surface area contributed by atoms with Gasteiger partial charge in [0.05, 0.1) is 0 Å². The van der Waals surface area contributed by atoms with Gasteiger partial charge in [-0.25, -0.2) is 0 Å². The number of benzene rings is 1. The number of allylic oxidation sites excluding steroid dienone is 2. The van der Waals surface area contributed by atoms with Gasteiger partial charge in [-0.2, -0.15) is 0 Å². The summed E-state index contributed by atoms with van der Waals surface area (Å²) in [6.45, 7) is 6.66. The third-order valence-corrected chi connectivity index (χ3v) is 3.31. The summed E-state index contributed by atoms with van der Waals surface area (Å²) in [4.78, 5) is 0. The Labute approximate surface area is 102 Å². The molecular weight excluding hydrogens is 248 g/mol. The Balaban J connectivity index is 2.88. The maximum Gasteiger partial charge on any atom is 0.0178 e. The summed E-state index contributed by atoms with van der Waals surface area (Å²) in [6.07, 6.45) is 4.68. The topological polar surface area (TPSA) is 0 Å². The summed E-state index contributed by atoms with van der Waals surface area (Å²) in [7, 11) is 0. The molecule has 0 amide bonds. The zero-order valence-electron chi connectivity index (χ0n) is 9.76. The molecule has 0 spiro atoms. The van der Waals surface area contributed by atoms with Gasteiger partial charge in [0.15, 0.2) is 0 Å². The van der Waals surface area contributed by atoms with Crippen LogP contribution in [0.4, 0.5) is 0 Å². The summed E-state index contributed by atoms with van der Waals surface area (Å²) in [5.74, 6) is 0.535. The van der Waals surface area contributed by atoms with Crippen molar-refractivity contribution in [1.82, 2.24) is 0 Å². The number of halogens is 1. The lowest BCUT2D eigenvalue weighted by Crippen LogP contribution is -1.98. The summed E-state index contributed by atoms with van der Waals surface area (Å²) in [5.41, 5.74) is 2.93. The number of hydrogen-bond donors (Lipinski definition) is 0. The van der Waals surface area contributed by atoms with Gasteiger partial charge in [0.2, 0.25) is 0 Å². The second-order valence-corrected chi connectivity index (χ2v) is 4.81.